The number of carbonyl (C=O) groups excluding carboxylic acids is 2. The summed E-state index contributed by atoms with van der Waals surface area (Å²) in [5.41, 5.74) is -0.360. The fourth-order valence-corrected chi connectivity index (χ4v) is 3.82. The van der Waals surface area contributed by atoms with E-state index >= 15 is 0 Å². The largest absolute Gasteiger partial charge is 0.462 e. The topological polar surface area (TPSA) is 61.8 Å². The van der Waals surface area contributed by atoms with Gasteiger partial charge in [-0.05, 0) is 38.2 Å². The molecule has 7 heteroatoms. The van der Waals surface area contributed by atoms with Crippen molar-refractivity contribution in [2.24, 2.45) is 5.92 Å². The van der Waals surface area contributed by atoms with Crippen LogP contribution in [0.5, 0.6) is 0 Å². The number of benzene rings is 1. The Morgan fingerprint density at radius 2 is 1.83 bits per heavy atom. The van der Waals surface area contributed by atoms with Crippen LogP contribution in [0.1, 0.15) is 44.6 Å². The van der Waals surface area contributed by atoms with Crippen molar-refractivity contribution < 1.29 is 32.6 Å². The van der Waals surface area contributed by atoms with E-state index in [0.29, 0.717) is 19.4 Å². The Morgan fingerprint density at radius 3 is 2.48 bits per heavy atom. The Balaban J connectivity index is 1.73. The highest BCUT2D eigenvalue weighted by Gasteiger charge is 2.42. The minimum absolute atomic E-state index is 0.359. The first kappa shape index (κ1) is 21.6. The van der Waals surface area contributed by atoms with Crippen LogP contribution in [0.2, 0.25) is 0 Å². The lowest BCUT2D eigenvalue weighted by molar-refractivity contribution is -0.194. The summed E-state index contributed by atoms with van der Waals surface area (Å²) in [6, 6.07) is 6.96. The van der Waals surface area contributed by atoms with Crippen LogP contribution in [-0.2, 0) is 29.7 Å². The van der Waals surface area contributed by atoms with E-state index in [2.05, 4.69) is 0 Å². The summed E-state index contributed by atoms with van der Waals surface area (Å²) in [7, 11) is 0. The summed E-state index contributed by atoms with van der Waals surface area (Å²) >= 11 is 0. The second-order valence-corrected chi connectivity index (χ2v) is 7.44. The van der Waals surface area contributed by atoms with Crippen molar-refractivity contribution in [3.05, 3.63) is 48.0 Å². The summed E-state index contributed by atoms with van der Waals surface area (Å²) < 4.78 is 45.9. The zero-order chi connectivity index (χ0) is 20.9. The van der Waals surface area contributed by atoms with Crippen LogP contribution in [0.3, 0.4) is 0 Å². The third-order valence-electron chi connectivity index (χ3n) is 5.29. The molecular formula is C22H26F2O5. The van der Waals surface area contributed by atoms with Gasteiger partial charge in [-0.25, -0.2) is 0 Å². The van der Waals surface area contributed by atoms with Crippen LogP contribution in [0.4, 0.5) is 8.78 Å². The lowest BCUT2D eigenvalue weighted by Crippen LogP contribution is -2.33. The molecule has 1 saturated carbocycles. The fourth-order valence-electron chi connectivity index (χ4n) is 3.82. The molecular weight excluding hydrogens is 382 g/mol. The molecule has 1 aliphatic heterocycles. The molecule has 0 amide bonds. The SMILES string of the molecule is CC(=O)OC1CCC(OC2CCCCO2)C1/C=C/C(=O)C(F)(F)c1ccccc1. The van der Waals surface area contributed by atoms with Crippen molar-refractivity contribution in [1.82, 2.24) is 0 Å². The number of alkyl halides is 2. The Bertz CT molecular complexity index is 728. The molecule has 29 heavy (non-hydrogen) atoms. The van der Waals surface area contributed by atoms with E-state index in [4.69, 9.17) is 14.2 Å². The average Bonchev–Trinajstić information content (AvgIpc) is 3.08. The molecule has 0 spiro atoms. The van der Waals surface area contributed by atoms with Crippen molar-refractivity contribution in [3.8, 4) is 0 Å². The first-order valence-corrected chi connectivity index (χ1v) is 9.98. The minimum Gasteiger partial charge on any atom is -0.462 e. The maximum atomic E-state index is 14.5. The first-order valence-electron chi connectivity index (χ1n) is 9.98. The van der Waals surface area contributed by atoms with Gasteiger partial charge in [0.1, 0.15) is 6.10 Å². The van der Waals surface area contributed by atoms with E-state index in [0.717, 1.165) is 25.3 Å². The van der Waals surface area contributed by atoms with Crippen LogP contribution < -0.4 is 0 Å². The van der Waals surface area contributed by atoms with E-state index in [1.807, 2.05) is 0 Å². The van der Waals surface area contributed by atoms with Gasteiger partial charge >= 0.3 is 11.9 Å². The van der Waals surface area contributed by atoms with Gasteiger partial charge in [0.05, 0.1) is 6.10 Å². The van der Waals surface area contributed by atoms with Crippen LogP contribution in [0, 0.1) is 5.92 Å². The van der Waals surface area contributed by atoms with Crippen molar-refractivity contribution in [2.45, 2.75) is 63.4 Å². The van der Waals surface area contributed by atoms with Crippen molar-refractivity contribution >= 4 is 11.8 Å². The Labute approximate surface area is 169 Å². The molecule has 158 valence electrons. The maximum Gasteiger partial charge on any atom is 0.334 e. The monoisotopic (exact) mass is 408 g/mol. The third-order valence-corrected chi connectivity index (χ3v) is 5.29. The molecule has 4 atom stereocenters. The Morgan fingerprint density at radius 1 is 1.10 bits per heavy atom. The lowest BCUT2D eigenvalue weighted by Gasteiger charge is -2.29. The zero-order valence-corrected chi connectivity index (χ0v) is 16.4. The van der Waals surface area contributed by atoms with Crippen molar-refractivity contribution in [3.63, 3.8) is 0 Å². The average molecular weight is 408 g/mol. The summed E-state index contributed by atoms with van der Waals surface area (Å²) in [6.45, 7) is 1.92. The predicted molar refractivity (Wildman–Crippen MR) is 101 cm³/mol. The van der Waals surface area contributed by atoms with Gasteiger partial charge in [-0.15, -0.1) is 0 Å². The van der Waals surface area contributed by atoms with Gasteiger partial charge in [-0.1, -0.05) is 36.4 Å². The number of esters is 1. The second-order valence-electron chi connectivity index (χ2n) is 7.44. The van der Waals surface area contributed by atoms with Gasteiger partial charge in [0.2, 0.25) is 5.78 Å². The molecule has 4 unspecified atom stereocenters. The smallest absolute Gasteiger partial charge is 0.334 e. The maximum absolute atomic E-state index is 14.5. The molecule has 1 saturated heterocycles. The summed E-state index contributed by atoms with van der Waals surface area (Å²) in [5, 5.41) is 0. The molecule has 1 heterocycles. The highest BCUT2D eigenvalue weighted by molar-refractivity contribution is 5.96. The number of carbonyl (C=O) groups is 2. The molecule has 2 aliphatic rings. The van der Waals surface area contributed by atoms with Crippen LogP contribution >= 0.6 is 0 Å². The second kappa shape index (κ2) is 9.59. The predicted octanol–water partition coefficient (Wildman–Crippen LogP) is 4.16. The molecule has 0 radical (unpaired) electrons. The lowest BCUT2D eigenvalue weighted by atomic mass is 9.99. The highest BCUT2D eigenvalue weighted by Crippen LogP contribution is 2.35. The van der Waals surface area contributed by atoms with Gasteiger partial charge in [-0.2, -0.15) is 8.78 Å². The quantitative estimate of drug-likeness (QED) is 0.501. The van der Waals surface area contributed by atoms with Gasteiger partial charge in [0.25, 0.3) is 0 Å². The molecule has 5 nitrogen and oxygen atoms in total. The number of ether oxygens (including phenoxy) is 3. The number of hydrogen-bond donors (Lipinski definition) is 0. The number of rotatable bonds is 7. The zero-order valence-electron chi connectivity index (χ0n) is 16.4. The normalized spacial score (nSPS) is 27.8. The van der Waals surface area contributed by atoms with E-state index in [1.54, 1.807) is 6.07 Å². The molecule has 2 fully saturated rings. The van der Waals surface area contributed by atoms with Crippen molar-refractivity contribution in [2.75, 3.05) is 6.61 Å². The Hall–Kier alpha value is -2.12. The van der Waals surface area contributed by atoms with E-state index in [1.165, 1.54) is 37.3 Å². The molecule has 3 rings (SSSR count). The van der Waals surface area contributed by atoms with E-state index < -0.39 is 29.7 Å². The molecule has 1 aromatic rings. The van der Waals surface area contributed by atoms with E-state index in [9.17, 15) is 18.4 Å². The van der Waals surface area contributed by atoms with Crippen LogP contribution in [0.25, 0.3) is 0 Å². The number of hydrogen-bond acceptors (Lipinski definition) is 5. The number of halogens is 2. The standard InChI is InChI=1S/C22H26F2O5/c1-15(25)28-18-11-12-19(29-21-9-5-6-14-27-21)17(18)10-13-20(26)22(23,24)16-7-3-2-4-8-16/h2-4,7-8,10,13,17-19,21H,5-6,9,11-12,14H2,1H3/b13-10+. The summed E-state index contributed by atoms with van der Waals surface area (Å²) in [6.07, 6.45) is 4.90. The molecule has 1 aromatic carbocycles. The van der Waals surface area contributed by atoms with Gasteiger partial charge < -0.3 is 14.2 Å². The van der Waals surface area contributed by atoms with Gasteiger partial charge in [0, 0.05) is 25.0 Å². The van der Waals surface area contributed by atoms with Crippen LogP contribution in [0.15, 0.2) is 42.5 Å². The third kappa shape index (κ3) is 5.48. The summed E-state index contributed by atoms with van der Waals surface area (Å²) in [4.78, 5) is 23.7. The summed E-state index contributed by atoms with van der Waals surface area (Å²) in [5.74, 6) is -5.88. The Kier molecular flexibility index (Phi) is 7.14. The van der Waals surface area contributed by atoms with Crippen LogP contribution in [-0.4, -0.2) is 36.9 Å². The van der Waals surface area contributed by atoms with Crippen molar-refractivity contribution in [1.29, 1.82) is 0 Å². The molecule has 0 N–H and O–H groups in total. The highest BCUT2D eigenvalue weighted by atomic mass is 19.3. The minimum atomic E-state index is -3.63. The number of ketones is 1. The molecule has 0 aromatic heterocycles. The van der Waals surface area contributed by atoms with Gasteiger partial charge in [0.15, 0.2) is 6.29 Å². The number of allylic oxidation sites excluding steroid dienone is 1. The molecule has 0 bridgehead atoms. The van der Waals surface area contributed by atoms with Gasteiger partial charge in [-0.3, -0.25) is 9.59 Å². The van der Waals surface area contributed by atoms with E-state index in [-0.39, 0.29) is 18.0 Å². The fraction of sp³-hybridized carbons (Fsp3) is 0.545. The molecule has 1 aliphatic carbocycles. The first-order chi connectivity index (χ1) is 13.9.